The second-order valence-electron chi connectivity index (χ2n) is 7.76. The number of nitro groups is 1. The number of carbonyl (C=O) groups excluding carboxylic acids is 1. The van der Waals surface area contributed by atoms with E-state index in [2.05, 4.69) is 22.9 Å². The van der Waals surface area contributed by atoms with Gasteiger partial charge < -0.3 is 16.0 Å². The van der Waals surface area contributed by atoms with Gasteiger partial charge in [-0.1, -0.05) is 33.3 Å². The van der Waals surface area contributed by atoms with Gasteiger partial charge in [0, 0.05) is 25.7 Å². The molecule has 2 aromatic carbocycles. The third-order valence-electron chi connectivity index (χ3n) is 5.24. The molecule has 2 aromatic rings. The number of sulfonamides is 1. The number of carbonyl (C=O) groups is 1. The van der Waals surface area contributed by atoms with Crippen molar-refractivity contribution in [1.29, 1.82) is 0 Å². The van der Waals surface area contributed by atoms with Crippen LogP contribution < -0.4 is 16.0 Å². The van der Waals surface area contributed by atoms with Gasteiger partial charge in [-0.2, -0.15) is 4.31 Å². The second-order valence-corrected chi connectivity index (χ2v) is 9.69. The van der Waals surface area contributed by atoms with Gasteiger partial charge in [0.05, 0.1) is 27.7 Å². The smallest absolute Gasteiger partial charge is 0.293 e. The molecule has 0 saturated heterocycles. The molecule has 0 heterocycles. The number of anilines is 3. The lowest BCUT2D eigenvalue weighted by Gasteiger charge is -2.20. The van der Waals surface area contributed by atoms with Crippen molar-refractivity contribution in [3.8, 4) is 0 Å². The molecular formula is C23H33N5O5S. The first-order chi connectivity index (χ1) is 16.1. The van der Waals surface area contributed by atoms with Gasteiger partial charge in [0.2, 0.25) is 15.9 Å². The van der Waals surface area contributed by atoms with Crippen molar-refractivity contribution in [2.75, 3.05) is 42.1 Å². The van der Waals surface area contributed by atoms with Crippen LogP contribution in [0, 0.1) is 17.0 Å². The van der Waals surface area contributed by atoms with E-state index < -0.39 is 20.9 Å². The summed E-state index contributed by atoms with van der Waals surface area (Å²) in [4.78, 5) is 23.4. The Hall–Kier alpha value is -3.18. The number of aryl methyl sites for hydroxylation is 1. The summed E-state index contributed by atoms with van der Waals surface area (Å²) in [7, 11) is -3.68. The summed E-state index contributed by atoms with van der Waals surface area (Å²) in [6.45, 7) is 8.51. The summed E-state index contributed by atoms with van der Waals surface area (Å²) in [5.74, 6) is -0.497. The van der Waals surface area contributed by atoms with Crippen LogP contribution in [-0.2, 0) is 14.8 Å². The molecule has 1 amide bonds. The Morgan fingerprint density at radius 1 is 1.00 bits per heavy atom. The Kier molecular flexibility index (Phi) is 9.82. The Morgan fingerprint density at radius 2 is 1.68 bits per heavy atom. The predicted octanol–water partition coefficient (Wildman–Crippen LogP) is 4.20. The van der Waals surface area contributed by atoms with Crippen LogP contribution in [0.4, 0.5) is 22.7 Å². The summed E-state index contributed by atoms with van der Waals surface area (Å²) < 4.78 is 27.3. The molecule has 34 heavy (non-hydrogen) atoms. The van der Waals surface area contributed by atoms with Crippen LogP contribution in [0.3, 0.4) is 0 Å². The van der Waals surface area contributed by atoms with E-state index in [4.69, 9.17) is 0 Å². The average Bonchev–Trinajstić information content (AvgIpc) is 2.80. The normalized spacial score (nSPS) is 11.3. The van der Waals surface area contributed by atoms with Crippen LogP contribution >= 0.6 is 0 Å². The Morgan fingerprint density at radius 3 is 2.29 bits per heavy atom. The van der Waals surface area contributed by atoms with Gasteiger partial charge in [0.1, 0.15) is 5.69 Å². The van der Waals surface area contributed by atoms with Crippen molar-refractivity contribution < 1.29 is 18.1 Å². The monoisotopic (exact) mass is 491 g/mol. The maximum Gasteiger partial charge on any atom is 0.293 e. The quantitative estimate of drug-likeness (QED) is 0.217. The van der Waals surface area contributed by atoms with E-state index in [-0.39, 0.29) is 22.8 Å². The zero-order valence-electron chi connectivity index (χ0n) is 20.1. The molecule has 10 nitrogen and oxygen atoms in total. The predicted molar refractivity (Wildman–Crippen MR) is 135 cm³/mol. The minimum atomic E-state index is -3.68. The molecule has 0 aliphatic carbocycles. The highest BCUT2D eigenvalue weighted by Crippen LogP contribution is 2.28. The molecule has 3 N–H and O–H groups in total. The van der Waals surface area contributed by atoms with Gasteiger partial charge in [-0.3, -0.25) is 14.9 Å². The molecule has 0 aromatic heterocycles. The lowest BCUT2D eigenvalue weighted by molar-refractivity contribution is -0.384. The van der Waals surface area contributed by atoms with Crippen molar-refractivity contribution in [2.24, 2.45) is 0 Å². The maximum absolute atomic E-state index is 13.0. The van der Waals surface area contributed by atoms with Crippen molar-refractivity contribution in [2.45, 2.75) is 45.4 Å². The molecule has 0 bridgehead atoms. The number of nitrogens with one attached hydrogen (secondary N) is 3. The molecule has 2 rings (SSSR count). The van der Waals surface area contributed by atoms with E-state index >= 15 is 0 Å². The van der Waals surface area contributed by atoms with Crippen LogP contribution in [-0.4, -0.2) is 49.7 Å². The summed E-state index contributed by atoms with van der Waals surface area (Å²) in [5.41, 5.74) is 1.74. The minimum absolute atomic E-state index is 0.0987. The van der Waals surface area contributed by atoms with E-state index in [1.807, 2.05) is 0 Å². The Balaban J connectivity index is 2.26. The van der Waals surface area contributed by atoms with Crippen molar-refractivity contribution in [1.82, 2.24) is 4.31 Å². The fraction of sp³-hybridized carbons (Fsp3) is 0.435. The minimum Gasteiger partial charge on any atom is -0.383 e. The molecular weight excluding hydrogens is 458 g/mol. The van der Waals surface area contributed by atoms with E-state index in [0.29, 0.717) is 36.6 Å². The molecule has 0 fully saturated rings. The van der Waals surface area contributed by atoms with Crippen LogP contribution in [0.1, 0.15) is 39.2 Å². The van der Waals surface area contributed by atoms with Crippen molar-refractivity contribution >= 4 is 38.7 Å². The first-order valence-electron chi connectivity index (χ1n) is 11.3. The molecule has 186 valence electrons. The van der Waals surface area contributed by atoms with Gasteiger partial charge in [0.15, 0.2) is 0 Å². The fourth-order valence-electron chi connectivity index (χ4n) is 3.36. The largest absolute Gasteiger partial charge is 0.383 e. The summed E-state index contributed by atoms with van der Waals surface area (Å²) in [6.07, 6.45) is 1.92. The van der Waals surface area contributed by atoms with E-state index in [1.165, 1.54) is 22.5 Å². The highest BCUT2D eigenvalue weighted by Gasteiger charge is 2.23. The number of hydrogen-bond donors (Lipinski definition) is 3. The first kappa shape index (κ1) is 27.1. The summed E-state index contributed by atoms with van der Waals surface area (Å²) >= 11 is 0. The number of unbranched alkanes of at least 4 members (excludes halogenated alkanes) is 1. The topological polar surface area (TPSA) is 134 Å². The lowest BCUT2D eigenvalue weighted by atomic mass is 10.2. The van der Waals surface area contributed by atoms with Gasteiger partial charge in [-0.05, 0) is 43.2 Å². The van der Waals surface area contributed by atoms with Crippen molar-refractivity contribution in [3.05, 3.63) is 52.1 Å². The Labute approximate surface area is 200 Å². The second kappa shape index (κ2) is 12.3. The molecule has 11 heteroatoms. The number of amides is 1. The fourth-order valence-corrected chi connectivity index (χ4v) is 4.85. The molecule has 0 unspecified atom stereocenters. The number of nitro benzene ring substituents is 1. The maximum atomic E-state index is 13.0. The highest BCUT2D eigenvalue weighted by atomic mass is 32.2. The summed E-state index contributed by atoms with van der Waals surface area (Å²) in [5, 5.41) is 20.1. The molecule has 0 aliphatic heterocycles. The van der Waals surface area contributed by atoms with E-state index in [1.54, 1.807) is 39.0 Å². The SMILES string of the molecule is CCCCNc1ccc(S(=O)(=O)N(CC)CC)cc1NCC(=O)Nc1ccc(C)cc1[N+](=O)[O-]. The number of nitrogens with zero attached hydrogens (tertiary/aromatic N) is 2. The van der Waals surface area contributed by atoms with Gasteiger partial charge in [-0.25, -0.2) is 8.42 Å². The lowest BCUT2D eigenvalue weighted by Crippen LogP contribution is -2.30. The summed E-state index contributed by atoms with van der Waals surface area (Å²) in [6, 6.07) is 9.28. The average molecular weight is 492 g/mol. The number of benzene rings is 2. The van der Waals surface area contributed by atoms with Gasteiger partial charge in [0.25, 0.3) is 5.69 Å². The molecule has 0 saturated carbocycles. The van der Waals surface area contributed by atoms with E-state index in [9.17, 15) is 23.3 Å². The van der Waals surface area contributed by atoms with Crippen LogP contribution in [0.5, 0.6) is 0 Å². The van der Waals surface area contributed by atoms with Gasteiger partial charge >= 0.3 is 0 Å². The third-order valence-corrected chi connectivity index (χ3v) is 7.29. The van der Waals surface area contributed by atoms with Crippen LogP contribution in [0.25, 0.3) is 0 Å². The standard InChI is InChI=1S/C23H33N5O5S/c1-5-8-13-24-19-12-10-18(34(32,33)27(6-2)7-3)15-21(19)25-16-23(29)26-20-11-9-17(4)14-22(20)28(30)31/h9-12,14-15,24-25H,5-8,13,16H2,1-4H3,(H,26,29). The zero-order valence-corrected chi connectivity index (χ0v) is 20.9. The zero-order chi connectivity index (χ0) is 25.3. The van der Waals surface area contributed by atoms with Crippen LogP contribution in [0.15, 0.2) is 41.3 Å². The third kappa shape index (κ3) is 6.91. The molecule has 0 aliphatic rings. The molecule has 0 radical (unpaired) electrons. The van der Waals surface area contributed by atoms with Crippen molar-refractivity contribution in [3.63, 3.8) is 0 Å². The number of rotatable bonds is 13. The molecule has 0 spiro atoms. The Bertz CT molecular complexity index is 1120. The first-order valence-corrected chi connectivity index (χ1v) is 12.7. The van der Waals surface area contributed by atoms with E-state index in [0.717, 1.165) is 12.8 Å². The highest BCUT2D eigenvalue weighted by molar-refractivity contribution is 7.89. The van der Waals surface area contributed by atoms with Crippen LogP contribution in [0.2, 0.25) is 0 Å². The number of hydrogen-bond acceptors (Lipinski definition) is 7. The molecule has 0 atom stereocenters. The van der Waals surface area contributed by atoms with Gasteiger partial charge in [-0.15, -0.1) is 0 Å².